The SMILES string of the molecule is CC(C(=O)N1CCC(N)C1C)c1ccccc1. The quantitative estimate of drug-likeness (QED) is 0.844. The van der Waals surface area contributed by atoms with Crippen molar-refractivity contribution in [3.63, 3.8) is 0 Å². The molecule has 1 saturated heterocycles. The van der Waals surface area contributed by atoms with Gasteiger partial charge in [0.15, 0.2) is 0 Å². The molecule has 1 heterocycles. The predicted molar refractivity (Wildman–Crippen MR) is 68.6 cm³/mol. The van der Waals surface area contributed by atoms with Gasteiger partial charge in [-0.3, -0.25) is 4.79 Å². The van der Waals surface area contributed by atoms with Gasteiger partial charge in [0.05, 0.1) is 5.92 Å². The van der Waals surface area contributed by atoms with Crippen LogP contribution in [0.25, 0.3) is 0 Å². The van der Waals surface area contributed by atoms with E-state index in [1.807, 2.05) is 49.1 Å². The Morgan fingerprint density at radius 1 is 1.41 bits per heavy atom. The number of benzene rings is 1. The van der Waals surface area contributed by atoms with Gasteiger partial charge in [0.1, 0.15) is 0 Å². The Balaban J connectivity index is 2.11. The van der Waals surface area contributed by atoms with Crippen LogP contribution in [0.5, 0.6) is 0 Å². The van der Waals surface area contributed by atoms with Crippen molar-refractivity contribution in [3.8, 4) is 0 Å². The number of hydrogen-bond acceptors (Lipinski definition) is 2. The highest BCUT2D eigenvalue weighted by Crippen LogP contribution is 2.23. The van der Waals surface area contributed by atoms with Crippen LogP contribution in [0.1, 0.15) is 31.7 Å². The van der Waals surface area contributed by atoms with Crippen molar-refractivity contribution in [1.82, 2.24) is 4.90 Å². The van der Waals surface area contributed by atoms with Crippen LogP contribution in [0, 0.1) is 0 Å². The number of likely N-dealkylation sites (tertiary alicyclic amines) is 1. The van der Waals surface area contributed by atoms with Crippen LogP contribution in [0.3, 0.4) is 0 Å². The first-order chi connectivity index (χ1) is 8.11. The fourth-order valence-electron chi connectivity index (χ4n) is 2.41. The lowest BCUT2D eigenvalue weighted by molar-refractivity contribution is -0.133. The summed E-state index contributed by atoms with van der Waals surface area (Å²) in [4.78, 5) is 14.3. The van der Waals surface area contributed by atoms with Gasteiger partial charge in [0.25, 0.3) is 0 Å². The topological polar surface area (TPSA) is 46.3 Å². The van der Waals surface area contributed by atoms with Crippen LogP contribution in [0.2, 0.25) is 0 Å². The molecule has 1 amide bonds. The normalized spacial score (nSPS) is 25.9. The van der Waals surface area contributed by atoms with Crippen molar-refractivity contribution < 1.29 is 4.79 Å². The minimum atomic E-state index is -0.0797. The molecule has 0 aromatic heterocycles. The lowest BCUT2D eigenvalue weighted by Crippen LogP contribution is -2.42. The first-order valence-corrected chi connectivity index (χ1v) is 6.22. The molecule has 3 nitrogen and oxygen atoms in total. The summed E-state index contributed by atoms with van der Waals surface area (Å²) >= 11 is 0. The summed E-state index contributed by atoms with van der Waals surface area (Å²) in [6.45, 7) is 4.79. The fraction of sp³-hybridized carbons (Fsp3) is 0.500. The number of carbonyl (C=O) groups is 1. The van der Waals surface area contributed by atoms with Crippen LogP contribution in [-0.4, -0.2) is 29.4 Å². The van der Waals surface area contributed by atoms with E-state index in [9.17, 15) is 4.79 Å². The number of carbonyl (C=O) groups excluding carboxylic acids is 1. The standard InChI is InChI=1S/C14H20N2O/c1-10(12-6-4-3-5-7-12)14(17)16-9-8-13(15)11(16)2/h3-7,10-11,13H,8-9,15H2,1-2H3. The Morgan fingerprint density at radius 3 is 2.59 bits per heavy atom. The second-order valence-electron chi connectivity index (χ2n) is 4.86. The van der Waals surface area contributed by atoms with Gasteiger partial charge in [0, 0.05) is 18.6 Å². The van der Waals surface area contributed by atoms with Gasteiger partial charge in [-0.15, -0.1) is 0 Å². The molecular weight excluding hydrogens is 212 g/mol. The molecule has 0 spiro atoms. The van der Waals surface area contributed by atoms with Gasteiger partial charge in [-0.2, -0.15) is 0 Å². The lowest BCUT2D eigenvalue weighted by atomic mass is 9.99. The molecule has 1 aliphatic heterocycles. The molecule has 1 aromatic rings. The Kier molecular flexibility index (Phi) is 3.48. The summed E-state index contributed by atoms with van der Waals surface area (Å²) < 4.78 is 0. The van der Waals surface area contributed by atoms with Crippen molar-refractivity contribution in [1.29, 1.82) is 0 Å². The highest BCUT2D eigenvalue weighted by atomic mass is 16.2. The number of amides is 1. The summed E-state index contributed by atoms with van der Waals surface area (Å²) in [6, 6.07) is 10.2. The highest BCUT2D eigenvalue weighted by Gasteiger charge is 2.33. The lowest BCUT2D eigenvalue weighted by Gasteiger charge is -2.26. The Hall–Kier alpha value is -1.35. The molecule has 0 radical (unpaired) electrons. The summed E-state index contributed by atoms with van der Waals surface area (Å²) in [5.74, 6) is 0.112. The van der Waals surface area contributed by atoms with Gasteiger partial charge in [-0.25, -0.2) is 0 Å². The molecule has 3 atom stereocenters. The number of nitrogens with zero attached hydrogens (tertiary/aromatic N) is 1. The van der Waals surface area contributed by atoms with Gasteiger partial charge in [0.2, 0.25) is 5.91 Å². The van der Waals surface area contributed by atoms with E-state index in [-0.39, 0.29) is 23.9 Å². The predicted octanol–water partition coefficient (Wildman–Crippen LogP) is 1.74. The number of nitrogens with two attached hydrogens (primary N) is 1. The first kappa shape index (κ1) is 12.1. The van der Waals surface area contributed by atoms with Gasteiger partial charge < -0.3 is 10.6 Å². The van der Waals surface area contributed by atoms with Crippen LogP contribution in [-0.2, 0) is 4.79 Å². The molecular formula is C14H20N2O. The summed E-state index contributed by atoms with van der Waals surface area (Å²) in [6.07, 6.45) is 0.911. The van der Waals surface area contributed by atoms with Crippen molar-refractivity contribution in [2.45, 2.75) is 38.3 Å². The number of hydrogen-bond donors (Lipinski definition) is 1. The largest absolute Gasteiger partial charge is 0.338 e. The van der Waals surface area contributed by atoms with Gasteiger partial charge in [-0.05, 0) is 25.8 Å². The molecule has 2 N–H and O–H groups in total. The molecule has 17 heavy (non-hydrogen) atoms. The molecule has 3 unspecified atom stereocenters. The van der Waals surface area contributed by atoms with Crippen LogP contribution in [0.15, 0.2) is 30.3 Å². The Bertz CT molecular complexity index is 390. The summed E-state index contributed by atoms with van der Waals surface area (Å²) in [7, 11) is 0. The van der Waals surface area contributed by atoms with E-state index in [4.69, 9.17) is 5.73 Å². The molecule has 1 fully saturated rings. The van der Waals surface area contributed by atoms with Gasteiger partial charge >= 0.3 is 0 Å². The average Bonchev–Trinajstić information content (AvgIpc) is 2.69. The van der Waals surface area contributed by atoms with E-state index in [1.165, 1.54) is 0 Å². The molecule has 3 heteroatoms. The minimum absolute atomic E-state index is 0.0797. The maximum atomic E-state index is 12.4. The molecule has 2 rings (SSSR count). The molecule has 1 aliphatic rings. The van der Waals surface area contributed by atoms with Crippen molar-refractivity contribution in [3.05, 3.63) is 35.9 Å². The maximum Gasteiger partial charge on any atom is 0.230 e. The van der Waals surface area contributed by atoms with Crippen molar-refractivity contribution >= 4 is 5.91 Å². The average molecular weight is 232 g/mol. The summed E-state index contributed by atoms with van der Waals surface area (Å²) in [5.41, 5.74) is 7.03. The van der Waals surface area contributed by atoms with Crippen LogP contribution >= 0.6 is 0 Å². The van der Waals surface area contributed by atoms with Crippen molar-refractivity contribution in [2.75, 3.05) is 6.54 Å². The molecule has 0 saturated carbocycles. The fourth-order valence-corrected chi connectivity index (χ4v) is 2.41. The second kappa shape index (κ2) is 4.88. The van der Waals surface area contributed by atoms with Crippen molar-refractivity contribution in [2.24, 2.45) is 5.73 Å². The summed E-state index contributed by atoms with van der Waals surface area (Å²) in [5, 5.41) is 0. The monoisotopic (exact) mass is 232 g/mol. The van der Waals surface area contributed by atoms with E-state index < -0.39 is 0 Å². The first-order valence-electron chi connectivity index (χ1n) is 6.22. The van der Waals surface area contributed by atoms with E-state index in [0.717, 1.165) is 18.5 Å². The third-order valence-electron chi connectivity index (χ3n) is 3.77. The maximum absolute atomic E-state index is 12.4. The zero-order chi connectivity index (χ0) is 12.4. The highest BCUT2D eigenvalue weighted by molar-refractivity contribution is 5.84. The third kappa shape index (κ3) is 2.34. The second-order valence-corrected chi connectivity index (χ2v) is 4.86. The Morgan fingerprint density at radius 2 is 2.06 bits per heavy atom. The minimum Gasteiger partial charge on any atom is -0.338 e. The van der Waals surface area contributed by atoms with E-state index in [2.05, 4.69) is 0 Å². The third-order valence-corrected chi connectivity index (χ3v) is 3.77. The molecule has 92 valence electrons. The van der Waals surface area contributed by atoms with E-state index in [0.29, 0.717) is 0 Å². The number of rotatable bonds is 2. The van der Waals surface area contributed by atoms with E-state index in [1.54, 1.807) is 0 Å². The Labute approximate surface area is 103 Å². The zero-order valence-electron chi connectivity index (χ0n) is 10.5. The van der Waals surface area contributed by atoms with Crippen LogP contribution < -0.4 is 5.73 Å². The van der Waals surface area contributed by atoms with E-state index >= 15 is 0 Å². The smallest absolute Gasteiger partial charge is 0.230 e. The zero-order valence-corrected chi connectivity index (χ0v) is 10.5. The molecule has 0 bridgehead atoms. The molecule has 1 aromatic carbocycles. The van der Waals surface area contributed by atoms with Crippen LogP contribution in [0.4, 0.5) is 0 Å². The van der Waals surface area contributed by atoms with Gasteiger partial charge in [-0.1, -0.05) is 30.3 Å². The molecule has 0 aliphatic carbocycles.